The maximum absolute atomic E-state index is 12.4. The van der Waals surface area contributed by atoms with Crippen LogP contribution in [0, 0.1) is 0 Å². The Morgan fingerprint density at radius 2 is 1.96 bits per heavy atom. The van der Waals surface area contributed by atoms with Crippen LogP contribution in [0.4, 0.5) is 11.5 Å². The first kappa shape index (κ1) is 15.4. The standard InChI is InChI=1S/C17H20N4O2/c1-2-13-3-5-14(6-4-13)20-16-11-15(18-12-19-16)17(22)21-7-9-23-10-8-21/h3-6,11-12H,2,7-10H2,1H3,(H,18,19,20). The third-order valence-corrected chi connectivity index (χ3v) is 3.82. The molecule has 0 unspecified atom stereocenters. The summed E-state index contributed by atoms with van der Waals surface area (Å²) in [5.74, 6) is 0.529. The Labute approximate surface area is 135 Å². The normalized spacial score (nSPS) is 14.6. The molecule has 23 heavy (non-hydrogen) atoms. The van der Waals surface area contributed by atoms with Crippen LogP contribution in [0.15, 0.2) is 36.7 Å². The maximum Gasteiger partial charge on any atom is 0.272 e. The number of carbonyl (C=O) groups is 1. The number of aryl methyl sites for hydroxylation is 1. The van der Waals surface area contributed by atoms with E-state index in [1.807, 2.05) is 12.1 Å². The lowest BCUT2D eigenvalue weighted by Gasteiger charge is -2.26. The third kappa shape index (κ3) is 3.84. The second-order valence-electron chi connectivity index (χ2n) is 5.37. The van der Waals surface area contributed by atoms with Crippen molar-refractivity contribution in [1.82, 2.24) is 14.9 Å². The first-order valence-electron chi connectivity index (χ1n) is 7.81. The van der Waals surface area contributed by atoms with Crippen LogP contribution in [0.5, 0.6) is 0 Å². The van der Waals surface area contributed by atoms with Gasteiger partial charge in [0.05, 0.1) is 13.2 Å². The molecule has 1 aromatic carbocycles. The Balaban J connectivity index is 1.72. The van der Waals surface area contributed by atoms with Crippen molar-refractivity contribution >= 4 is 17.4 Å². The lowest BCUT2D eigenvalue weighted by atomic mass is 10.1. The van der Waals surface area contributed by atoms with Crippen molar-refractivity contribution in [2.24, 2.45) is 0 Å². The smallest absolute Gasteiger partial charge is 0.272 e. The highest BCUT2D eigenvalue weighted by molar-refractivity contribution is 5.93. The summed E-state index contributed by atoms with van der Waals surface area (Å²) in [5, 5.41) is 3.21. The molecule has 0 spiro atoms. The minimum absolute atomic E-state index is 0.0833. The van der Waals surface area contributed by atoms with Crippen molar-refractivity contribution in [2.45, 2.75) is 13.3 Å². The van der Waals surface area contributed by atoms with Gasteiger partial charge < -0.3 is 15.0 Å². The molecule has 0 radical (unpaired) electrons. The lowest BCUT2D eigenvalue weighted by molar-refractivity contribution is 0.0299. The molecule has 0 aliphatic carbocycles. The molecule has 1 fully saturated rings. The van der Waals surface area contributed by atoms with E-state index < -0.39 is 0 Å². The fourth-order valence-electron chi connectivity index (χ4n) is 2.44. The van der Waals surface area contributed by atoms with E-state index in [4.69, 9.17) is 4.74 Å². The van der Waals surface area contributed by atoms with Crippen molar-refractivity contribution < 1.29 is 9.53 Å². The van der Waals surface area contributed by atoms with Gasteiger partial charge in [-0.2, -0.15) is 0 Å². The zero-order valence-corrected chi connectivity index (χ0v) is 13.2. The van der Waals surface area contributed by atoms with E-state index >= 15 is 0 Å². The van der Waals surface area contributed by atoms with E-state index in [9.17, 15) is 4.79 Å². The molecule has 3 rings (SSSR count). The second kappa shape index (κ2) is 7.19. The fourth-order valence-corrected chi connectivity index (χ4v) is 2.44. The lowest BCUT2D eigenvalue weighted by Crippen LogP contribution is -2.41. The van der Waals surface area contributed by atoms with Crippen LogP contribution in [-0.2, 0) is 11.2 Å². The van der Waals surface area contributed by atoms with Gasteiger partial charge in [-0.25, -0.2) is 9.97 Å². The molecular formula is C17H20N4O2. The highest BCUT2D eigenvalue weighted by atomic mass is 16.5. The number of benzene rings is 1. The number of amides is 1. The monoisotopic (exact) mass is 312 g/mol. The van der Waals surface area contributed by atoms with Gasteiger partial charge in [0, 0.05) is 24.8 Å². The largest absolute Gasteiger partial charge is 0.378 e. The van der Waals surface area contributed by atoms with Gasteiger partial charge in [-0.05, 0) is 24.1 Å². The first-order valence-corrected chi connectivity index (χ1v) is 7.81. The number of hydrogen-bond acceptors (Lipinski definition) is 5. The Morgan fingerprint density at radius 3 is 2.65 bits per heavy atom. The van der Waals surface area contributed by atoms with Gasteiger partial charge in [0.1, 0.15) is 17.8 Å². The van der Waals surface area contributed by atoms with Gasteiger partial charge in [-0.3, -0.25) is 4.79 Å². The Hall–Kier alpha value is -2.47. The molecular weight excluding hydrogens is 292 g/mol. The zero-order chi connectivity index (χ0) is 16.1. The van der Waals surface area contributed by atoms with Crippen LogP contribution in [-0.4, -0.2) is 47.1 Å². The van der Waals surface area contributed by atoms with Crippen molar-refractivity contribution in [3.8, 4) is 0 Å². The van der Waals surface area contributed by atoms with Crippen molar-refractivity contribution in [2.75, 3.05) is 31.6 Å². The summed E-state index contributed by atoms with van der Waals surface area (Å²) in [4.78, 5) is 22.5. The predicted octanol–water partition coefficient (Wildman–Crippen LogP) is 2.25. The minimum atomic E-state index is -0.0833. The Kier molecular flexibility index (Phi) is 4.83. The van der Waals surface area contributed by atoms with Crippen LogP contribution in [0.3, 0.4) is 0 Å². The number of carbonyl (C=O) groups excluding carboxylic acids is 1. The SMILES string of the molecule is CCc1ccc(Nc2cc(C(=O)N3CCOCC3)ncn2)cc1. The number of ether oxygens (including phenoxy) is 1. The number of hydrogen-bond donors (Lipinski definition) is 1. The van der Waals surface area contributed by atoms with Crippen LogP contribution in [0.1, 0.15) is 23.0 Å². The van der Waals surface area contributed by atoms with E-state index in [2.05, 4.69) is 34.3 Å². The molecule has 0 bridgehead atoms. The molecule has 1 amide bonds. The number of anilines is 2. The molecule has 1 aliphatic heterocycles. The summed E-state index contributed by atoms with van der Waals surface area (Å²) in [7, 11) is 0. The van der Waals surface area contributed by atoms with E-state index in [0.29, 0.717) is 37.8 Å². The van der Waals surface area contributed by atoms with Gasteiger partial charge in [-0.15, -0.1) is 0 Å². The molecule has 1 N–H and O–H groups in total. The third-order valence-electron chi connectivity index (χ3n) is 3.82. The van der Waals surface area contributed by atoms with E-state index in [1.165, 1.54) is 11.9 Å². The molecule has 6 nitrogen and oxygen atoms in total. The quantitative estimate of drug-likeness (QED) is 0.938. The van der Waals surface area contributed by atoms with Crippen molar-refractivity contribution in [3.05, 3.63) is 47.9 Å². The summed E-state index contributed by atoms with van der Waals surface area (Å²) in [6, 6.07) is 9.84. The minimum Gasteiger partial charge on any atom is -0.378 e. The van der Waals surface area contributed by atoms with Crippen molar-refractivity contribution in [1.29, 1.82) is 0 Å². The van der Waals surface area contributed by atoms with E-state index in [1.54, 1.807) is 11.0 Å². The molecule has 0 atom stereocenters. The van der Waals surface area contributed by atoms with E-state index in [-0.39, 0.29) is 5.91 Å². The van der Waals surface area contributed by atoms with Crippen LogP contribution < -0.4 is 5.32 Å². The van der Waals surface area contributed by atoms with Gasteiger partial charge >= 0.3 is 0 Å². The fraction of sp³-hybridized carbons (Fsp3) is 0.353. The number of aromatic nitrogens is 2. The number of morpholine rings is 1. The summed E-state index contributed by atoms with van der Waals surface area (Å²) in [6.07, 6.45) is 2.42. The molecule has 6 heteroatoms. The van der Waals surface area contributed by atoms with Gasteiger partial charge in [0.25, 0.3) is 5.91 Å². The zero-order valence-electron chi connectivity index (χ0n) is 13.2. The average molecular weight is 312 g/mol. The molecule has 120 valence electrons. The Bertz CT molecular complexity index is 667. The second-order valence-corrected chi connectivity index (χ2v) is 5.37. The first-order chi connectivity index (χ1) is 11.3. The van der Waals surface area contributed by atoms with Gasteiger partial charge in [0.15, 0.2) is 0 Å². The highest BCUT2D eigenvalue weighted by Crippen LogP contribution is 2.16. The summed E-state index contributed by atoms with van der Waals surface area (Å²) >= 11 is 0. The number of rotatable bonds is 4. The van der Waals surface area contributed by atoms with Crippen LogP contribution in [0.25, 0.3) is 0 Å². The van der Waals surface area contributed by atoms with Crippen LogP contribution >= 0.6 is 0 Å². The average Bonchev–Trinajstić information content (AvgIpc) is 2.63. The summed E-state index contributed by atoms with van der Waals surface area (Å²) < 4.78 is 5.27. The van der Waals surface area contributed by atoms with Gasteiger partial charge in [0.2, 0.25) is 0 Å². The topological polar surface area (TPSA) is 67.4 Å². The molecule has 2 heterocycles. The molecule has 1 aromatic heterocycles. The van der Waals surface area contributed by atoms with Gasteiger partial charge in [-0.1, -0.05) is 19.1 Å². The summed E-state index contributed by atoms with van der Waals surface area (Å²) in [5.41, 5.74) is 2.61. The maximum atomic E-state index is 12.4. The number of nitrogens with zero attached hydrogens (tertiary/aromatic N) is 3. The molecule has 0 saturated carbocycles. The molecule has 1 saturated heterocycles. The van der Waals surface area contributed by atoms with Crippen LogP contribution in [0.2, 0.25) is 0 Å². The number of nitrogens with one attached hydrogen (secondary N) is 1. The van der Waals surface area contributed by atoms with Crippen molar-refractivity contribution in [3.63, 3.8) is 0 Å². The molecule has 1 aliphatic rings. The van der Waals surface area contributed by atoms with E-state index in [0.717, 1.165) is 12.1 Å². The highest BCUT2D eigenvalue weighted by Gasteiger charge is 2.20. The Morgan fingerprint density at radius 1 is 1.22 bits per heavy atom. The molecule has 2 aromatic rings. The summed E-state index contributed by atoms with van der Waals surface area (Å²) in [6.45, 7) is 4.47. The predicted molar refractivity (Wildman–Crippen MR) is 87.9 cm³/mol.